The summed E-state index contributed by atoms with van der Waals surface area (Å²) in [5.41, 5.74) is 2.98. The molecule has 3 rings (SSSR count). The van der Waals surface area contributed by atoms with Crippen LogP contribution in [0.15, 0.2) is 60.1 Å². The smallest absolute Gasteiger partial charge is 0.136 e. The van der Waals surface area contributed by atoms with E-state index in [0.29, 0.717) is 15.6 Å². The molecular formula is C19H14ClN3OS. The molecule has 0 unspecified atom stereocenters. The SMILES string of the molecule is COc1ccc(-c2csc(/C(C#N)=C/Nc3ccccc3Cl)n2)cc1. The second kappa shape index (κ2) is 7.84. The third-order valence-electron chi connectivity index (χ3n) is 3.49. The van der Waals surface area contributed by atoms with Crippen LogP contribution in [0.25, 0.3) is 16.8 Å². The van der Waals surface area contributed by atoms with E-state index in [9.17, 15) is 5.26 Å². The van der Waals surface area contributed by atoms with Crippen molar-refractivity contribution in [3.05, 3.63) is 70.1 Å². The summed E-state index contributed by atoms with van der Waals surface area (Å²) in [5, 5.41) is 15.7. The van der Waals surface area contributed by atoms with Crippen molar-refractivity contribution < 1.29 is 4.74 Å². The Morgan fingerprint density at radius 3 is 2.68 bits per heavy atom. The Kier molecular flexibility index (Phi) is 5.34. The number of nitriles is 1. The second-order valence-corrected chi connectivity index (χ2v) is 6.33. The number of halogens is 1. The zero-order valence-corrected chi connectivity index (χ0v) is 14.9. The van der Waals surface area contributed by atoms with Gasteiger partial charge in [0.25, 0.3) is 0 Å². The summed E-state index contributed by atoms with van der Waals surface area (Å²) in [5.74, 6) is 0.792. The molecule has 0 bridgehead atoms. The van der Waals surface area contributed by atoms with Crippen molar-refractivity contribution in [3.8, 4) is 23.1 Å². The molecule has 0 atom stereocenters. The molecular weight excluding hydrogens is 354 g/mol. The van der Waals surface area contributed by atoms with Crippen LogP contribution < -0.4 is 10.1 Å². The number of aromatic nitrogens is 1. The molecule has 0 aliphatic rings. The maximum atomic E-state index is 9.43. The zero-order valence-electron chi connectivity index (χ0n) is 13.4. The van der Waals surface area contributed by atoms with E-state index < -0.39 is 0 Å². The summed E-state index contributed by atoms with van der Waals surface area (Å²) in [7, 11) is 1.63. The van der Waals surface area contributed by atoms with Crippen LogP contribution >= 0.6 is 22.9 Å². The minimum atomic E-state index is 0.449. The molecule has 0 spiro atoms. The van der Waals surface area contributed by atoms with Crippen LogP contribution in [-0.4, -0.2) is 12.1 Å². The first-order valence-electron chi connectivity index (χ1n) is 7.43. The van der Waals surface area contributed by atoms with Crippen molar-refractivity contribution in [2.24, 2.45) is 0 Å². The second-order valence-electron chi connectivity index (χ2n) is 5.06. The van der Waals surface area contributed by atoms with E-state index in [0.717, 1.165) is 22.7 Å². The number of hydrogen-bond donors (Lipinski definition) is 1. The Bertz CT molecular complexity index is 942. The lowest BCUT2D eigenvalue weighted by Gasteiger charge is -2.03. The van der Waals surface area contributed by atoms with Gasteiger partial charge >= 0.3 is 0 Å². The van der Waals surface area contributed by atoms with E-state index in [1.807, 2.05) is 47.8 Å². The molecule has 3 aromatic rings. The molecule has 0 amide bonds. The van der Waals surface area contributed by atoms with Crippen molar-refractivity contribution >= 4 is 34.2 Å². The van der Waals surface area contributed by atoms with Gasteiger partial charge in [0.2, 0.25) is 0 Å². The van der Waals surface area contributed by atoms with Crippen molar-refractivity contribution in [2.45, 2.75) is 0 Å². The molecule has 1 N–H and O–H groups in total. The highest BCUT2D eigenvalue weighted by molar-refractivity contribution is 7.11. The number of para-hydroxylation sites is 1. The molecule has 0 saturated heterocycles. The summed E-state index contributed by atoms with van der Waals surface area (Å²) in [6.45, 7) is 0. The maximum Gasteiger partial charge on any atom is 0.136 e. The third kappa shape index (κ3) is 4.00. The Morgan fingerprint density at radius 1 is 1.24 bits per heavy atom. The van der Waals surface area contributed by atoms with Crippen LogP contribution in [0.2, 0.25) is 5.02 Å². The number of nitrogens with one attached hydrogen (secondary N) is 1. The Hall–Kier alpha value is -2.81. The van der Waals surface area contributed by atoms with Crippen LogP contribution in [0.4, 0.5) is 5.69 Å². The summed E-state index contributed by atoms with van der Waals surface area (Å²) in [4.78, 5) is 4.56. The van der Waals surface area contributed by atoms with Crippen LogP contribution in [0, 0.1) is 11.3 Å². The van der Waals surface area contributed by atoms with E-state index in [1.165, 1.54) is 11.3 Å². The molecule has 2 aromatic carbocycles. The van der Waals surface area contributed by atoms with Gasteiger partial charge in [-0.2, -0.15) is 5.26 Å². The average Bonchev–Trinajstić information content (AvgIpc) is 3.14. The van der Waals surface area contributed by atoms with Gasteiger partial charge in [-0.25, -0.2) is 4.98 Å². The lowest BCUT2D eigenvalue weighted by molar-refractivity contribution is 0.415. The lowest BCUT2D eigenvalue weighted by Crippen LogP contribution is -1.91. The topological polar surface area (TPSA) is 57.9 Å². The van der Waals surface area contributed by atoms with Crippen molar-refractivity contribution in [2.75, 3.05) is 12.4 Å². The number of ether oxygens (including phenoxy) is 1. The van der Waals surface area contributed by atoms with Crippen molar-refractivity contribution in [1.29, 1.82) is 5.26 Å². The maximum absolute atomic E-state index is 9.43. The minimum Gasteiger partial charge on any atom is -0.497 e. The van der Waals surface area contributed by atoms with E-state index in [2.05, 4.69) is 16.4 Å². The normalized spacial score (nSPS) is 11.0. The van der Waals surface area contributed by atoms with Crippen molar-refractivity contribution in [3.63, 3.8) is 0 Å². The highest BCUT2D eigenvalue weighted by Gasteiger charge is 2.09. The Morgan fingerprint density at radius 2 is 2.00 bits per heavy atom. The zero-order chi connectivity index (χ0) is 17.6. The monoisotopic (exact) mass is 367 g/mol. The van der Waals surface area contributed by atoms with E-state index in [4.69, 9.17) is 16.3 Å². The van der Waals surface area contributed by atoms with E-state index in [-0.39, 0.29) is 0 Å². The van der Waals surface area contributed by atoms with Gasteiger partial charge in [-0.1, -0.05) is 23.7 Å². The van der Waals surface area contributed by atoms with Crippen molar-refractivity contribution in [1.82, 2.24) is 4.98 Å². The quantitative estimate of drug-likeness (QED) is 0.609. The molecule has 0 aliphatic carbocycles. The molecule has 4 nitrogen and oxygen atoms in total. The van der Waals surface area contributed by atoms with Gasteiger partial charge in [0.15, 0.2) is 0 Å². The van der Waals surface area contributed by atoms with Crippen LogP contribution in [0.3, 0.4) is 0 Å². The lowest BCUT2D eigenvalue weighted by atomic mass is 10.2. The van der Waals surface area contributed by atoms with Gasteiger partial charge in [-0.05, 0) is 36.4 Å². The molecule has 6 heteroatoms. The van der Waals surface area contributed by atoms with Gasteiger partial charge < -0.3 is 10.1 Å². The molecule has 25 heavy (non-hydrogen) atoms. The fourth-order valence-corrected chi connectivity index (χ4v) is 3.15. The first-order valence-corrected chi connectivity index (χ1v) is 8.68. The Labute approximate surface area is 155 Å². The summed E-state index contributed by atoms with van der Waals surface area (Å²) in [6.07, 6.45) is 1.62. The van der Waals surface area contributed by atoms with Gasteiger partial charge in [0.05, 0.1) is 23.5 Å². The Balaban J connectivity index is 1.82. The number of allylic oxidation sites excluding steroid dienone is 1. The minimum absolute atomic E-state index is 0.449. The fraction of sp³-hybridized carbons (Fsp3) is 0.0526. The standard InChI is InChI=1S/C19H14ClN3OS/c1-24-15-8-6-13(7-9-15)18-12-25-19(23-18)14(10-21)11-22-17-5-3-2-4-16(17)20/h2-9,11-12,22H,1H3/b14-11+. The third-order valence-corrected chi connectivity index (χ3v) is 4.69. The van der Waals surface area contributed by atoms with E-state index in [1.54, 1.807) is 19.4 Å². The number of thiazole rings is 1. The van der Waals surface area contributed by atoms with Gasteiger partial charge in [-0.15, -0.1) is 11.3 Å². The highest BCUT2D eigenvalue weighted by atomic mass is 35.5. The molecule has 0 aliphatic heterocycles. The average molecular weight is 368 g/mol. The van der Waals surface area contributed by atoms with E-state index >= 15 is 0 Å². The first-order chi connectivity index (χ1) is 12.2. The summed E-state index contributed by atoms with van der Waals surface area (Å²) in [6, 6.07) is 17.2. The molecule has 1 aromatic heterocycles. The van der Waals surface area contributed by atoms with Crippen LogP contribution in [0.1, 0.15) is 5.01 Å². The fourth-order valence-electron chi connectivity index (χ4n) is 2.16. The molecule has 124 valence electrons. The number of rotatable bonds is 5. The van der Waals surface area contributed by atoms with Crippen LogP contribution in [0.5, 0.6) is 5.75 Å². The van der Waals surface area contributed by atoms with Gasteiger partial charge in [-0.3, -0.25) is 0 Å². The molecule has 1 heterocycles. The van der Waals surface area contributed by atoms with Crippen LogP contribution in [-0.2, 0) is 0 Å². The number of benzene rings is 2. The number of methoxy groups -OCH3 is 1. The molecule has 0 radical (unpaired) electrons. The number of anilines is 1. The summed E-state index contributed by atoms with van der Waals surface area (Å²) >= 11 is 7.53. The van der Waals surface area contributed by atoms with Gasteiger partial charge in [0.1, 0.15) is 22.4 Å². The molecule has 0 fully saturated rings. The molecule has 0 saturated carbocycles. The number of hydrogen-bond acceptors (Lipinski definition) is 5. The number of nitrogens with zero attached hydrogens (tertiary/aromatic N) is 2. The summed E-state index contributed by atoms with van der Waals surface area (Å²) < 4.78 is 5.16. The largest absolute Gasteiger partial charge is 0.497 e. The predicted octanol–water partition coefficient (Wildman–Crippen LogP) is 5.45. The predicted molar refractivity (Wildman–Crippen MR) is 103 cm³/mol. The first kappa shape index (κ1) is 17.0. The highest BCUT2D eigenvalue weighted by Crippen LogP contribution is 2.28. The van der Waals surface area contributed by atoms with Gasteiger partial charge in [0, 0.05) is 17.1 Å².